The molecule has 0 saturated carbocycles. The van der Waals surface area contributed by atoms with Crippen LogP contribution in [0.25, 0.3) is 0 Å². The molecule has 0 aromatic heterocycles. The van der Waals surface area contributed by atoms with Gasteiger partial charge in [0.1, 0.15) is 0 Å². The van der Waals surface area contributed by atoms with E-state index in [1.165, 1.54) is 29.4 Å². The van der Waals surface area contributed by atoms with Gasteiger partial charge in [0.2, 0.25) is 11.8 Å². The predicted molar refractivity (Wildman–Crippen MR) is 138 cm³/mol. The van der Waals surface area contributed by atoms with E-state index < -0.39 is 0 Å². The summed E-state index contributed by atoms with van der Waals surface area (Å²) in [5.41, 5.74) is 4.97. The number of hydrogen-bond donors (Lipinski definition) is 2. The lowest BCUT2D eigenvalue weighted by Crippen LogP contribution is -2.44. The predicted octanol–water partition coefficient (Wildman–Crippen LogP) is 3.63. The maximum atomic E-state index is 13.0. The van der Waals surface area contributed by atoms with Crippen molar-refractivity contribution in [1.82, 2.24) is 15.5 Å². The molecule has 192 valence electrons. The molecule has 36 heavy (non-hydrogen) atoms. The number of carbonyl (C=O) groups is 3. The zero-order valence-electron chi connectivity index (χ0n) is 21.1. The van der Waals surface area contributed by atoms with Crippen LogP contribution in [0.5, 0.6) is 0 Å². The molecular weight excluding hydrogens is 454 g/mol. The summed E-state index contributed by atoms with van der Waals surface area (Å²) in [6.45, 7) is 0.958. The number of benzene rings is 2. The zero-order chi connectivity index (χ0) is 25.3. The average molecular weight is 492 g/mol. The molecule has 0 heterocycles. The van der Waals surface area contributed by atoms with Gasteiger partial charge >= 0.3 is 5.97 Å². The second-order valence-corrected chi connectivity index (χ2v) is 9.81. The first kappa shape index (κ1) is 25.9. The minimum Gasteiger partial charge on any atom is -0.469 e. The van der Waals surface area contributed by atoms with Crippen LogP contribution in [0.15, 0.2) is 48.5 Å². The van der Waals surface area contributed by atoms with Gasteiger partial charge in [-0.25, -0.2) is 0 Å². The van der Waals surface area contributed by atoms with Gasteiger partial charge in [-0.1, -0.05) is 55.0 Å². The third-order valence-corrected chi connectivity index (χ3v) is 7.25. The lowest BCUT2D eigenvalue weighted by molar-refractivity contribution is -0.140. The summed E-state index contributed by atoms with van der Waals surface area (Å²) in [6, 6.07) is 16.5. The first-order valence-electron chi connectivity index (χ1n) is 13.1. The van der Waals surface area contributed by atoms with E-state index in [1.807, 2.05) is 29.2 Å². The van der Waals surface area contributed by atoms with Crippen molar-refractivity contribution < 1.29 is 19.1 Å². The molecule has 2 amide bonds. The summed E-state index contributed by atoms with van der Waals surface area (Å²) >= 11 is 0. The third kappa shape index (κ3) is 6.94. The minimum absolute atomic E-state index is 0.0272. The van der Waals surface area contributed by atoms with Gasteiger partial charge in [0, 0.05) is 6.42 Å². The van der Waals surface area contributed by atoms with Gasteiger partial charge in [0.15, 0.2) is 0 Å². The maximum absolute atomic E-state index is 13.0. The lowest BCUT2D eigenvalue weighted by atomic mass is 10.1. The Kier molecular flexibility index (Phi) is 9.11. The molecule has 0 spiro atoms. The Balaban J connectivity index is 1.31. The fraction of sp³-hybridized carbons (Fsp3) is 0.483. The van der Waals surface area contributed by atoms with Crippen LogP contribution in [-0.2, 0) is 32.0 Å². The van der Waals surface area contributed by atoms with Crippen LogP contribution < -0.4 is 10.6 Å². The largest absolute Gasteiger partial charge is 0.469 e. The number of nitrogens with zero attached hydrogens (tertiary/aromatic N) is 1. The van der Waals surface area contributed by atoms with Crippen molar-refractivity contribution >= 4 is 17.8 Å². The molecule has 2 unspecified atom stereocenters. The van der Waals surface area contributed by atoms with Gasteiger partial charge < -0.3 is 15.4 Å². The van der Waals surface area contributed by atoms with E-state index in [9.17, 15) is 14.4 Å². The number of rotatable bonds is 12. The second kappa shape index (κ2) is 12.7. The standard InChI is InChI=1S/C29H37N3O4/c1-36-29(35)13-3-2-8-18-32(19-27(33)30-25-16-14-21-9-4-6-11-23(21)25)20-28(34)31-26-17-15-22-10-5-7-12-24(22)26/h4-7,9-12,25-26H,2-3,8,13-20H2,1H3,(H,30,33)(H,31,34). The van der Waals surface area contributed by atoms with Gasteiger partial charge in [-0.3, -0.25) is 19.3 Å². The molecule has 4 rings (SSSR count). The number of unbranched alkanes of at least 4 members (excludes halogenated alkanes) is 2. The summed E-state index contributed by atoms with van der Waals surface area (Å²) in [4.78, 5) is 39.2. The second-order valence-electron chi connectivity index (χ2n) is 9.81. The Bertz CT molecular complexity index is 998. The highest BCUT2D eigenvalue weighted by Crippen LogP contribution is 2.31. The highest BCUT2D eigenvalue weighted by molar-refractivity contribution is 5.82. The molecule has 2 aromatic carbocycles. The van der Waals surface area contributed by atoms with Gasteiger partial charge in [-0.15, -0.1) is 0 Å². The number of ether oxygens (including phenoxy) is 1. The smallest absolute Gasteiger partial charge is 0.305 e. The Morgan fingerprint density at radius 2 is 1.33 bits per heavy atom. The molecule has 7 nitrogen and oxygen atoms in total. The van der Waals surface area contributed by atoms with E-state index in [0.29, 0.717) is 13.0 Å². The van der Waals surface area contributed by atoms with Gasteiger partial charge in [0.05, 0.1) is 32.3 Å². The SMILES string of the molecule is COC(=O)CCCCCN(CC(=O)NC1CCc2ccccc21)CC(=O)NC1CCc2ccccc21. The molecule has 0 saturated heterocycles. The van der Waals surface area contributed by atoms with E-state index in [0.717, 1.165) is 44.9 Å². The Labute approximate surface area is 213 Å². The van der Waals surface area contributed by atoms with Crippen LogP contribution in [0.1, 0.15) is 72.9 Å². The van der Waals surface area contributed by atoms with E-state index in [2.05, 4.69) is 34.9 Å². The number of hydrogen-bond acceptors (Lipinski definition) is 5. The Morgan fingerprint density at radius 3 is 1.86 bits per heavy atom. The summed E-state index contributed by atoms with van der Waals surface area (Å²) in [6.07, 6.45) is 6.50. The van der Waals surface area contributed by atoms with Crippen LogP contribution in [0.3, 0.4) is 0 Å². The number of aryl methyl sites for hydroxylation is 2. The first-order valence-corrected chi connectivity index (χ1v) is 13.1. The summed E-state index contributed by atoms with van der Waals surface area (Å²) in [5, 5.41) is 6.35. The van der Waals surface area contributed by atoms with E-state index in [4.69, 9.17) is 4.74 Å². The molecule has 0 aliphatic heterocycles. The molecule has 2 aliphatic carbocycles. The quantitative estimate of drug-likeness (QED) is 0.350. The lowest BCUT2D eigenvalue weighted by Gasteiger charge is -2.24. The zero-order valence-corrected chi connectivity index (χ0v) is 21.1. The van der Waals surface area contributed by atoms with E-state index in [1.54, 1.807) is 0 Å². The fourth-order valence-electron chi connectivity index (χ4n) is 5.40. The van der Waals surface area contributed by atoms with E-state index in [-0.39, 0.29) is 43.0 Å². The van der Waals surface area contributed by atoms with Crippen LogP contribution in [0.2, 0.25) is 0 Å². The highest BCUT2D eigenvalue weighted by Gasteiger charge is 2.26. The van der Waals surface area contributed by atoms with E-state index >= 15 is 0 Å². The molecule has 0 fully saturated rings. The van der Waals surface area contributed by atoms with Crippen molar-refractivity contribution in [3.8, 4) is 0 Å². The highest BCUT2D eigenvalue weighted by atomic mass is 16.5. The van der Waals surface area contributed by atoms with Crippen LogP contribution in [0.4, 0.5) is 0 Å². The number of fused-ring (bicyclic) bond motifs is 2. The van der Waals surface area contributed by atoms with Crippen molar-refractivity contribution in [3.63, 3.8) is 0 Å². The average Bonchev–Trinajstić information content (AvgIpc) is 3.47. The Hall–Kier alpha value is -3.19. The third-order valence-electron chi connectivity index (χ3n) is 7.25. The molecular formula is C29H37N3O4. The number of methoxy groups -OCH3 is 1. The topological polar surface area (TPSA) is 87.7 Å². The summed E-state index contributed by atoms with van der Waals surface area (Å²) in [7, 11) is 1.40. The minimum atomic E-state index is -0.209. The van der Waals surface area contributed by atoms with Crippen LogP contribution in [0, 0.1) is 0 Å². The molecule has 0 bridgehead atoms. The molecule has 0 radical (unpaired) electrons. The van der Waals surface area contributed by atoms with Crippen molar-refractivity contribution in [3.05, 3.63) is 70.8 Å². The first-order chi connectivity index (χ1) is 17.5. The number of esters is 1. The number of amides is 2. The van der Waals surface area contributed by atoms with Crippen LogP contribution in [-0.4, -0.2) is 49.4 Å². The normalized spacial score (nSPS) is 17.9. The molecule has 2 N–H and O–H groups in total. The van der Waals surface area contributed by atoms with Crippen molar-refractivity contribution in [1.29, 1.82) is 0 Å². The fourth-order valence-corrected chi connectivity index (χ4v) is 5.40. The molecule has 7 heteroatoms. The van der Waals surface area contributed by atoms with Gasteiger partial charge in [0.25, 0.3) is 0 Å². The van der Waals surface area contributed by atoms with Gasteiger partial charge in [-0.05, 0) is 67.3 Å². The Morgan fingerprint density at radius 1 is 0.806 bits per heavy atom. The summed E-state index contributed by atoms with van der Waals surface area (Å²) < 4.78 is 4.70. The molecule has 2 atom stereocenters. The van der Waals surface area contributed by atoms with Crippen LogP contribution >= 0.6 is 0 Å². The summed E-state index contributed by atoms with van der Waals surface area (Å²) in [5.74, 6) is -0.338. The number of carbonyl (C=O) groups excluding carboxylic acids is 3. The van der Waals surface area contributed by atoms with Crippen molar-refractivity contribution in [2.24, 2.45) is 0 Å². The van der Waals surface area contributed by atoms with Crippen molar-refractivity contribution in [2.45, 2.75) is 63.5 Å². The number of nitrogens with one attached hydrogen (secondary N) is 2. The molecule has 2 aromatic rings. The van der Waals surface area contributed by atoms with Gasteiger partial charge in [-0.2, -0.15) is 0 Å². The van der Waals surface area contributed by atoms with Crippen molar-refractivity contribution in [2.75, 3.05) is 26.7 Å². The monoisotopic (exact) mass is 491 g/mol. The maximum Gasteiger partial charge on any atom is 0.305 e. The molecule has 2 aliphatic rings.